The minimum atomic E-state index is -0.773. The van der Waals surface area contributed by atoms with Crippen LogP contribution < -0.4 is 14.4 Å². The van der Waals surface area contributed by atoms with Gasteiger partial charge in [-0.3, -0.25) is 19.6 Å². The molecule has 2 unspecified atom stereocenters. The monoisotopic (exact) mass is 556 g/mol. The fourth-order valence-electron chi connectivity index (χ4n) is 6.52. The van der Waals surface area contributed by atoms with Crippen molar-refractivity contribution < 1.29 is 28.2 Å². The molecule has 11 heteroatoms. The lowest BCUT2D eigenvalue weighted by molar-refractivity contribution is -0.129. The SMILES string of the molecule is COc1ccc(CN2C(=O)CCN(c3cc4c(F)c(C56CCB(C#N)CC5(C)O6)ccc4nc3C)C2=O)c(OC)c1. The number of benzene rings is 2. The second kappa shape index (κ2) is 9.73. The third kappa shape index (κ3) is 4.20. The first-order chi connectivity index (χ1) is 19.6. The third-order valence-electron chi connectivity index (χ3n) is 8.83. The molecule has 3 aliphatic rings. The van der Waals surface area contributed by atoms with Gasteiger partial charge in [-0.1, -0.05) is 12.4 Å². The summed E-state index contributed by atoms with van der Waals surface area (Å²) < 4.78 is 33.1. The molecule has 2 atom stereocenters. The number of aromatic nitrogens is 1. The lowest BCUT2D eigenvalue weighted by atomic mass is 9.39. The maximum absolute atomic E-state index is 16.2. The van der Waals surface area contributed by atoms with Gasteiger partial charge in [0.2, 0.25) is 5.91 Å². The lowest BCUT2D eigenvalue weighted by Gasteiger charge is -2.35. The zero-order valence-electron chi connectivity index (χ0n) is 23.5. The van der Waals surface area contributed by atoms with Crippen LogP contribution in [0.4, 0.5) is 14.9 Å². The first-order valence-corrected chi connectivity index (χ1v) is 13.7. The minimum Gasteiger partial charge on any atom is -0.497 e. The molecule has 0 radical (unpaired) electrons. The highest BCUT2D eigenvalue weighted by atomic mass is 19.1. The number of imide groups is 1. The number of carbonyl (C=O) groups excluding carboxylic acids is 2. The van der Waals surface area contributed by atoms with Gasteiger partial charge in [0, 0.05) is 41.5 Å². The summed E-state index contributed by atoms with van der Waals surface area (Å²) in [6.07, 6.45) is 1.88. The van der Waals surface area contributed by atoms with Gasteiger partial charge in [0.05, 0.1) is 43.3 Å². The van der Waals surface area contributed by atoms with E-state index in [0.717, 1.165) is 0 Å². The van der Waals surface area contributed by atoms with E-state index in [4.69, 9.17) is 14.2 Å². The van der Waals surface area contributed by atoms with E-state index in [1.165, 1.54) is 16.9 Å². The number of fused-ring (bicyclic) bond motifs is 2. The second-order valence-corrected chi connectivity index (χ2v) is 11.2. The molecule has 3 fully saturated rings. The van der Waals surface area contributed by atoms with Gasteiger partial charge in [0.1, 0.15) is 22.9 Å². The molecule has 4 heterocycles. The number of pyridine rings is 1. The summed E-state index contributed by atoms with van der Waals surface area (Å²) in [5.41, 5.74) is 1.21. The highest BCUT2D eigenvalue weighted by Crippen LogP contribution is 2.64. The summed E-state index contributed by atoms with van der Waals surface area (Å²) in [6.45, 7) is 3.77. The molecule has 1 aromatic heterocycles. The maximum Gasteiger partial charge on any atom is 0.331 e. The van der Waals surface area contributed by atoms with Crippen molar-refractivity contribution in [2.75, 3.05) is 25.7 Å². The number of rotatable bonds is 6. The van der Waals surface area contributed by atoms with Crippen LogP contribution in [0.3, 0.4) is 0 Å². The summed E-state index contributed by atoms with van der Waals surface area (Å²) in [6, 6.07) is 9.85. The molecule has 0 N–H and O–H groups in total. The summed E-state index contributed by atoms with van der Waals surface area (Å²) in [7, 11) is 3.06. The molecule has 210 valence electrons. The van der Waals surface area contributed by atoms with E-state index < -0.39 is 23.1 Å². The number of epoxide rings is 1. The average Bonchev–Trinajstić information content (AvgIpc) is 3.61. The van der Waals surface area contributed by atoms with Gasteiger partial charge in [-0.05, 0) is 50.9 Å². The maximum atomic E-state index is 16.2. The topological polar surface area (TPSA) is 108 Å². The first kappa shape index (κ1) is 27.0. The van der Waals surface area contributed by atoms with E-state index in [2.05, 4.69) is 11.0 Å². The van der Waals surface area contributed by atoms with Gasteiger partial charge in [-0.2, -0.15) is 0 Å². The van der Waals surface area contributed by atoms with Crippen molar-refractivity contribution in [2.24, 2.45) is 0 Å². The van der Waals surface area contributed by atoms with Crippen molar-refractivity contribution in [1.82, 2.24) is 9.88 Å². The molecule has 0 saturated carbocycles. The predicted molar refractivity (Wildman–Crippen MR) is 151 cm³/mol. The minimum absolute atomic E-state index is 0.0159. The van der Waals surface area contributed by atoms with Crippen LogP contribution in [0, 0.1) is 24.0 Å². The molecule has 3 amide bonds. The zero-order chi connectivity index (χ0) is 29.1. The third-order valence-corrected chi connectivity index (χ3v) is 8.83. The molecule has 6 rings (SSSR count). The van der Waals surface area contributed by atoms with Crippen molar-refractivity contribution in [3.8, 4) is 17.5 Å². The van der Waals surface area contributed by atoms with Gasteiger partial charge in [-0.25, -0.2) is 14.4 Å². The van der Waals surface area contributed by atoms with Crippen molar-refractivity contribution in [3.63, 3.8) is 0 Å². The van der Waals surface area contributed by atoms with Crippen molar-refractivity contribution in [2.45, 2.75) is 57.1 Å². The molecule has 0 spiro atoms. The largest absolute Gasteiger partial charge is 0.497 e. The van der Waals surface area contributed by atoms with Crippen LogP contribution in [0.25, 0.3) is 10.9 Å². The fraction of sp³-hybridized carbons (Fsp3) is 0.400. The van der Waals surface area contributed by atoms with Crippen molar-refractivity contribution in [1.29, 1.82) is 5.26 Å². The quantitative estimate of drug-likeness (QED) is 0.311. The van der Waals surface area contributed by atoms with E-state index in [1.54, 1.807) is 50.4 Å². The zero-order valence-corrected chi connectivity index (χ0v) is 23.5. The number of nitriles is 1. The molecule has 9 nitrogen and oxygen atoms in total. The normalized spacial score (nSPS) is 23.9. The molecule has 2 aromatic carbocycles. The van der Waals surface area contributed by atoms with E-state index in [1.807, 2.05) is 6.92 Å². The van der Waals surface area contributed by atoms with E-state index >= 15 is 4.39 Å². The van der Waals surface area contributed by atoms with Gasteiger partial charge in [-0.15, -0.1) is 0 Å². The number of carbonyl (C=O) groups is 2. The Labute approximate surface area is 237 Å². The molecule has 0 aliphatic carbocycles. The van der Waals surface area contributed by atoms with Gasteiger partial charge >= 0.3 is 6.03 Å². The van der Waals surface area contributed by atoms with Gasteiger partial charge in [0.15, 0.2) is 0 Å². The summed E-state index contributed by atoms with van der Waals surface area (Å²) in [4.78, 5) is 33.9. The summed E-state index contributed by atoms with van der Waals surface area (Å²) in [5.74, 6) is 2.68. The summed E-state index contributed by atoms with van der Waals surface area (Å²) in [5, 5.41) is 9.69. The Balaban J connectivity index is 1.34. The van der Waals surface area contributed by atoms with Crippen LogP contribution >= 0.6 is 0 Å². The molecule has 0 bridgehead atoms. The van der Waals surface area contributed by atoms with Gasteiger partial charge in [0.25, 0.3) is 6.71 Å². The number of nitrogens with zero attached hydrogens (tertiary/aromatic N) is 4. The van der Waals surface area contributed by atoms with Crippen molar-refractivity contribution >= 4 is 35.2 Å². The Morgan fingerprint density at radius 3 is 2.71 bits per heavy atom. The highest BCUT2D eigenvalue weighted by molar-refractivity contribution is 6.67. The molecular formula is C30H30BFN4O5. The number of anilines is 1. The summed E-state index contributed by atoms with van der Waals surface area (Å²) >= 11 is 0. The van der Waals surface area contributed by atoms with Crippen LogP contribution in [0.15, 0.2) is 36.4 Å². The average molecular weight is 556 g/mol. The predicted octanol–water partition coefficient (Wildman–Crippen LogP) is 5.00. The molecular weight excluding hydrogens is 526 g/mol. The van der Waals surface area contributed by atoms with Crippen LogP contribution in [0.1, 0.15) is 36.6 Å². The molecule has 3 aromatic rings. The number of methoxy groups -OCH3 is 2. The van der Waals surface area contributed by atoms with Crippen molar-refractivity contribution in [3.05, 3.63) is 59.0 Å². The Bertz CT molecular complexity index is 1640. The Morgan fingerprint density at radius 2 is 2.00 bits per heavy atom. The van der Waals surface area contributed by atoms with E-state index in [9.17, 15) is 14.9 Å². The van der Waals surface area contributed by atoms with Crippen LogP contribution in [0.5, 0.6) is 11.5 Å². The van der Waals surface area contributed by atoms with E-state index in [0.29, 0.717) is 58.6 Å². The fourth-order valence-corrected chi connectivity index (χ4v) is 6.52. The first-order valence-electron chi connectivity index (χ1n) is 13.7. The molecule has 41 heavy (non-hydrogen) atoms. The number of amides is 3. The molecule has 3 aliphatic heterocycles. The number of hydrogen-bond donors (Lipinski definition) is 0. The standard InChI is InChI=1S/C30H30BFN4O5/c1-18-24(35-12-9-26(37)36(28(35)38)15-19-5-6-20(39-3)13-25(19)40-4)14-21-23(34-18)8-7-22(27(21)32)30-10-11-31(17-33)16-29(30,2)41-30/h5-8,13-14H,9-12,15-16H2,1-4H3. The van der Waals surface area contributed by atoms with E-state index in [-0.39, 0.29) is 37.5 Å². The number of urea groups is 1. The highest BCUT2D eigenvalue weighted by Gasteiger charge is 2.70. The number of hydrogen-bond acceptors (Lipinski definition) is 7. The van der Waals surface area contributed by atoms with Crippen LogP contribution in [-0.4, -0.2) is 54.9 Å². The van der Waals surface area contributed by atoms with Crippen LogP contribution in [-0.2, 0) is 21.7 Å². The van der Waals surface area contributed by atoms with Crippen LogP contribution in [0.2, 0.25) is 12.6 Å². The lowest BCUT2D eigenvalue weighted by Crippen LogP contribution is -2.52. The second-order valence-electron chi connectivity index (χ2n) is 11.2. The Morgan fingerprint density at radius 1 is 1.20 bits per heavy atom. The number of aryl methyl sites for hydroxylation is 1. The smallest absolute Gasteiger partial charge is 0.331 e. The Hall–Kier alpha value is -4.17. The number of ether oxygens (including phenoxy) is 3. The molecule has 3 saturated heterocycles. The Kier molecular flexibility index (Phi) is 6.42. The van der Waals surface area contributed by atoms with Gasteiger partial charge < -0.3 is 14.2 Å². The number of halogens is 1.